The Bertz CT molecular complexity index is 464. The molecule has 2 unspecified atom stereocenters. The average Bonchev–Trinajstić information content (AvgIpc) is 3.03. The zero-order chi connectivity index (χ0) is 14.2. The van der Waals surface area contributed by atoms with E-state index in [1.54, 1.807) is 11.3 Å². The predicted molar refractivity (Wildman–Crippen MR) is 86.4 cm³/mol. The zero-order valence-corrected chi connectivity index (χ0v) is 13.7. The van der Waals surface area contributed by atoms with Crippen molar-refractivity contribution in [2.75, 3.05) is 26.7 Å². The maximum atomic E-state index is 6.24. The summed E-state index contributed by atoms with van der Waals surface area (Å²) in [5.74, 6) is 0. The number of thiophene rings is 1. The molecule has 2 saturated heterocycles. The molecule has 1 aromatic heterocycles. The van der Waals surface area contributed by atoms with Crippen LogP contribution < -0.4 is 5.73 Å². The van der Waals surface area contributed by atoms with Crippen molar-refractivity contribution in [3.05, 3.63) is 21.3 Å². The fourth-order valence-electron chi connectivity index (χ4n) is 4.04. The highest BCUT2D eigenvalue weighted by Crippen LogP contribution is 2.39. The van der Waals surface area contributed by atoms with Crippen molar-refractivity contribution in [1.29, 1.82) is 0 Å². The molecular formula is C15H24ClN3S. The first-order chi connectivity index (χ1) is 9.65. The summed E-state index contributed by atoms with van der Waals surface area (Å²) < 4.78 is 0.876. The molecule has 0 amide bonds. The Labute approximate surface area is 130 Å². The quantitative estimate of drug-likeness (QED) is 0.928. The van der Waals surface area contributed by atoms with Crippen molar-refractivity contribution >= 4 is 22.9 Å². The third kappa shape index (κ3) is 2.53. The lowest BCUT2D eigenvalue weighted by molar-refractivity contribution is 0.0518. The zero-order valence-electron chi connectivity index (χ0n) is 12.1. The summed E-state index contributed by atoms with van der Waals surface area (Å²) >= 11 is 7.73. The van der Waals surface area contributed by atoms with Crippen molar-refractivity contribution in [1.82, 2.24) is 9.80 Å². The van der Waals surface area contributed by atoms with Gasteiger partial charge in [0.25, 0.3) is 0 Å². The van der Waals surface area contributed by atoms with Gasteiger partial charge in [0.2, 0.25) is 0 Å². The smallest absolute Gasteiger partial charge is 0.0931 e. The van der Waals surface area contributed by atoms with Gasteiger partial charge in [-0.15, -0.1) is 11.3 Å². The normalized spacial score (nSPS) is 30.9. The SMILES string of the molecule is CN(Cc1ccc(Cl)s1)C1(CN)CCN2CCCCC21. The molecule has 3 rings (SSSR count). The second-order valence-corrected chi connectivity index (χ2v) is 7.97. The molecule has 0 spiro atoms. The average molecular weight is 314 g/mol. The van der Waals surface area contributed by atoms with E-state index in [1.165, 1.54) is 43.6 Å². The van der Waals surface area contributed by atoms with E-state index in [9.17, 15) is 0 Å². The maximum absolute atomic E-state index is 6.24. The summed E-state index contributed by atoms with van der Waals surface area (Å²) in [6, 6.07) is 4.77. The van der Waals surface area contributed by atoms with Crippen LogP contribution in [0.1, 0.15) is 30.6 Å². The number of piperidine rings is 1. The fourth-order valence-corrected chi connectivity index (χ4v) is 5.18. The molecule has 2 aliphatic rings. The highest BCUT2D eigenvalue weighted by atomic mass is 35.5. The highest BCUT2D eigenvalue weighted by molar-refractivity contribution is 7.16. The number of likely N-dealkylation sites (N-methyl/N-ethyl adjacent to an activating group) is 1. The van der Waals surface area contributed by atoms with Crippen molar-refractivity contribution in [2.24, 2.45) is 5.73 Å². The van der Waals surface area contributed by atoms with Crippen molar-refractivity contribution in [3.63, 3.8) is 0 Å². The van der Waals surface area contributed by atoms with E-state index >= 15 is 0 Å². The number of rotatable bonds is 4. The van der Waals surface area contributed by atoms with Gasteiger partial charge in [0.05, 0.1) is 4.34 Å². The summed E-state index contributed by atoms with van der Waals surface area (Å²) in [7, 11) is 2.23. The summed E-state index contributed by atoms with van der Waals surface area (Å²) in [6.07, 6.45) is 5.19. The first-order valence-corrected chi connectivity index (χ1v) is 8.75. The molecule has 1 aromatic rings. The molecule has 0 radical (unpaired) electrons. The van der Waals surface area contributed by atoms with Gasteiger partial charge >= 0.3 is 0 Å². The van der Waals surface area contributed by atoms with Crippen LogP contribution in [0.4, 0.5) is 0 Å². The topological polar surface area (TPSA) is 32.5 Å². The van der Waals surface area contributed by atoms with E-state index in [-0.39, 0.29) is 5.54 Å². The fraction of sp³-hybridized carbons (Fsp3) is 0.733. The molecular weight excluding hydrogens is 290 g/mol. The first-order valence-electron chi connectivity index (χ1n) is 7.55. The number of halogens is 1. The monoisotopic (exact) mass is 313 g/mol. The molecule has 3 nitrogen and oxygen atoms in total. The van der Waals surface area contributed by atoms with Crippen LogP contribution in [-0.2, 0) is 6.54 Å². The lowest BCUT2D eigenvalue weighted by atomic mass is 9.84. The summed E-state index contributed by atoms with van der Waals surface area (Å²) in [5, 5.41) is 0. The van der Waals surface area contributed by atoms with Crippen LogP contribution in [0.5, 0.6) is 0 Å². The number of nitrogens with two attached hydrogens (primary N) is 1. The van der Waals surface area contributed by atoms with E-state index in [0.717, 1.165) is 17.4 Å². The number of nitrogens with zero attached hydrogens (tertiary/aromatic N) is 2. The van der Waals surface area contributed by atoms with Crippen molar-refractivity contribution < 1.29 is 0 Å². The van der Waals surface area contributed by atoms with Gasteiger partial charge in [0, 0.05) is 36.1 Å². The highest BCUT2D eigenvalue weighted by Gasteiger charge is 2.49. The molecule has 2 atom stereocenters. The van der Waals surface area contributed by atoms with E-state index in [0.29, 0.717) is 6.04 Å². The Morgan fingerprint density at radius 3 is 3.00 bits per heavy atom. The van der Waals surface area contributed by atoms with E-state index in [2.05, 4.69) is 22.9 Å². The predicted octanol–water partition coefficient (Wildman–Crippen LogP) is 2.79. The number of fused-ring (bicyclic) bond motifs is 1. The Kier molecular flexibility index (Phi) is 4.39. The van der Waals surface area contributed by atoms with Gasteiger partial charge < -0.3 is 5.73 Å². The molecule has 2 N–H and O–H groups in total. The van der Waals surface area contributed by atoms with Gasteiger partial charge in [-0.05, 0) is 45.0 Å². The minimum atomic E-state index is 0.150. The van der Waals surface area contributed by atoms with Crippen molar-refractivity contribution in [2.45, 2.75) is 43.8 Å². The Morgan fingerprint density at radius 1 is 1.45 bits per heavy atom. The van der Waals surface area contributed by atoms with Crippen LogP contribution in [-0.4, -0.2) is 48.1 Å². The molecule has 3 heterocycles. The van der Waals surface area contributed by atoms with Crippen LogP contribution in [0, 0.1) is 0 Å². The van der Waals surface area contributed by atoms with Gasteiger partial charge in [0.15, 0.2) is 0 Å². The standard InChI is InChI=1S/C15H24ClN3S/c1-18(10-12-5-6-14(16)20-12)15(11-17)7-9-19-8-3-2-4-13(15)19/h5-6,13H,2-4,7-11,17H2,1H3. The molecule has 5 heteroatoms. The van der Waals surface area contributed by atoms with Crippen LogP contribution in [0.15, 0.2) is 12.1 Å². The molecule has 0 bridgehead atoms. The first kappa shape index (κ1) is 14.8. The Balaban J connectivity index is 1.77. The Morgan fingerprint density at radius 2 is 2.30 bits per heavy atom. The second-order valence-electron chi connectivity index (χ2n) is 6.17. The number of hydrogen-bond donors (Lipinski definition) is 1. The van der Waals surface area contributed by atoms with E-state index in [4.69, 9.17) is 17.3 Å². The van der Waals surface area contributed by atoms with Gasteiger partial charge in [-0.25, -0.2) is 0 Å². The van der Waals surface area contributed by atoms with Crippen LogP contribution in [0.3, 0.4) is 0 Å². The van der Waals surface area contributed by atoms with Crippen LogP contribution in [0.25, 0.3) is 0 Å². The minimum Gasteiger partial charge on any atom is -0.329 e. The largest absolute Gasteiger partial charge is 0.329 e. The molecule has 2 fully saturated rings. The minimum absolute atomic E-state index is 0.150. The van der Waals surface area contributed by atoms with Crippen LogP contribution in [0.2, 0.25) is 4.34 Å². The maximum Gasteiger partial charge on any atom is 0.0931 e. The summed E-state index contributed by atoms with van der Waals surface area (Å²) in [4.78, 5) is 6.49. The molecule has 0 saturated carbocycles. The summed E-state index contributed by atoms with van der Waals surface area (Å²) in [6.45, 7) is 4.17. The third-order valence-electron chi connectivity index (χ3n) is 5.20. The molecule has 2 aliphatic heterocycles. The molecule has 0 aromatic carbocycles. The Hall–Kier alpha value is -0.130. The third-order valence-corrected chi connectivity index (χ3v) is 6.42. The van der Waals surface area contributed by atoms with E-state index in [1.807, 2.05) is 6.07 Å². The molecule has 0 aliphatic carbocycles. The van der Waals surface area contributed by atoms with E-state index < -0.39 is 0 Å². The van der Waals surface area contributed by atoms with Gasteiger partial charge in [-0.2, -0.15) is 0 Å². The van der Waals surface area contributed by atoms with Crippen molar-refractivity contribution in [3.8, 4) is 0 Å². The van der Waals surface area contributed by atoms with Crippen LogP contribution >= 0.6 is 22.9 Å². The lowest BCUT2D eigenvalue weighted by Gasteiger charge is -2.45. The lowest BCUT2D eigenvalue weighted by Crippen LogP contribution is -2.60. The summed E-state index contributed by atoms with van der Waals surface area (Å²) in [5.41, 5.74) is 6.39. The molecule has 112 valence electrons. The van der Waals surface area contributed by atoms with Gasteiger partial charge in [0.1, 0.15) is 0 Å². The molecule has 20 heavy (non-hydrogen) atoms. The number of hydrogen-bond acceptors (Lipinski definition) is 4. The van der Waals surface area contributed by atoms with Gasteiger partial charge in [-0.1, -0.05) is 18.0 Å². The second kappa shape index (κ2) is 5.93. The van der Waals surface area contributed by atoms with Gasteiger partial charge in [-0.3, -0.25) is 9.80 Å².